The van der Waals surface area contributed by atoms with Crippen molar-refractivity contribution in [3.05, 3.63) is 59.0 Å². The van der Waals surface area contributed by atoms with Gasteiger partial charge in [0.2, 0.25) is 5.91 Å². The second-order valence-corrected chi connectivity index (χ2v) is 6.39. The van der Waals surface area contributed by atoms with Gasteiger partial charge in [0.05, 0.1) is 12.7 Å². The van der Waals surface area contributed by atoms with Gasteiger partial charge < -0.3 is 14.4 Å². The molecule has 25 heavy (non-hydrogen) atoms. The molecular formula is C18H22Cl2N2O3. The Kier molecular flexibility index (Phi) is 7.32. The molecule has 1 fully saturated rings. The summed E-state index contributed by atoms with van der Waals surface area (Å²) in [4.78, 5) is 16.4. The molecule has 1 aromatic heterocycles. The third-order valence-electron chi connectivity index (χ3n) is 4.33. The topological polar surface area (TPSA) is 56.9 Å². The zero-order valence-electron chi connectivity index (χ0n) is 13.8. The quantitative estimate of drug-likeness (QED) is 0.860. The van der Waals surface area contributed by atoms with Crippen LogP contribution in [0.4, 0.5) is 0 Å². The standard InChI is InChI=1S/C18H21ClN2O3.ClH/c19-15-5-2-1-4-14(15)12-18(23)21-9-7-20(8-10-21)13-16(22)17-6-3-11-24-17;/h1-6,11,16,22H,7-10,12-13H2;1H. The van der Waals surface area contributed by atoms with Crippen LogP contribution in [0.3, 0.4) is 0 Å². The number of aliphatic hydroxyl groups excluding tert-OH is 1. The van der Waals surface area contributed by atoms with E-state index in [0.717, 1.165) is 18.7 Å². The minimum atomic E-state index is -0.634. The van der Waals surface area contributed by atoms with E-state index >= 15 is 0 Å². The Labute approximate surface area is 158 Å². The maximum Gasteiger partial charge on any atom is 0.227 e. The van der Waals surface area contributed by atoms with E-state index < -0.39 is 6.10 Å². The van der Waals surface area contributed by atoms with E-state index in [0.29, 0.717) is 36.8 Å². The van der Waals surface area contributed by atoms with Crippen molar-refractivity contribution >= 4 is 29.9 Å². The zero-order valence-corrected chi connectivity index (χ0v) is 15.4. The summed E-state index contributed by atoms with van der Waals surface area (Å²) in [5.74, 6) is 0.668. The molecular weight excluding hydrogens is 363 g/mol. The largest absolute Gasteiger partial charge is 0.467 e. The van der Waals surface area contributed by atoms with Crippen LogP contribution >= 0.6 is 24.0 Å². The van der Waals surface area contributed by atoms with Crippen LogP contribution in [0.15, 0.2) is 47.1 Å². The van der Waals surface area contributed by atoms with Crippen molar-refractivity contribution in [2.45, 2.75) is 12.5 Å². The van der Waals surface area contributed by atoms with Gasteiger partial charge in [-0.3, -0.25) is 9.69 Å². The molecule has 0 aliphatic carbocycles. The maximum absolute atomic E-state index is 12.4. The van der Waals surface area contributed by atoms with E-state index in [2.05, 4.69) is 4.90 Å². The molecule has 136 valence electrons. The van der Waals surface area contributed by atoms with Crippen LogP contribution in [-0.4, -0.2) is 53.5 Å². The van der Waals surface area contributed by atoms with E-state index in [1.165, 1.54) is 0 Å². The van der Waals surface area contributed by atoms with Crippen molar-refractivity contribution in [1.82, 2.24) is 9.80 Å². The summed E-state index contributed by atoms with van der Waals surface area (Å²) in [5.41, 5.74) is 0.861. The van der Waals surface area contributed by atoms with Crippen LogP contribution < -0.4 is 0 Å². The lowest BCUT2D eigenvalue weighted by atomic mass is 10.1. The Balaban J connectivity index is 0.00000225. The predicted molar refractivity (Wildman–Crippen MR) is 99.1 cm³/mol. The Hall–Kier alpha value is -1.53. The lowest BCUT2D eigenvalue weighted by Gasteiger charge is -2.35. The summed E-state index contributed by atoms with van der Waals surface area (Å²) in [6.45, 7) is 3.32. The molecule has 1 unspecified atom stereocenters. The number of halogens is 2. The second-order valence-electron chi connectivity index (χ2n) is 5.98. The fourth-order valence-corrected chi connectivity index (χ4v) is 3.11. The molecule has 0 saturated carbocycles. The number of amides is 1. The first kappa shape index (κ1) is 19.8. The zero-order chi connectivity index (χ0) is 16.9. The molecule has 0 bridgehead atoms. The second kappa shape index (κ2) is 9.25. The number of nitrogens with zero attached hydrogens (tertiary/aromatic N) is 2. The van der Waals surface area contributed by atoms with E-state index in [9.17, 15) is 9.90 Å². The van der Waals surface area contributed by atoms with Gasteiger partial charge in [-0.2, -0.15) is 0 Å². The third kappa shape index (κ3) is 5.22. The lowest BCUT2D eigenvalue weighted by Crippen LogP contribution is -2.50. The average Bonchev–Trinajstić information content (AvgIpc) is 3.12. The SMILES string of the molecule is Cl.O=C(Cc1ccccc1Cl)N1CCN(CC(O)c2ccco2)CC1. The van der Waals surface area contributed by atoms with Crippen LogP contribution in [0.5, 0.6) is 0 Å². The highest BCUT2D eigenvalue weighted by Gasteiger charge is 2.24. The van der Waals surface area contributed by atoms with Gasteiger partial charge in [-0.25, -0.2) is 0 Å². The number of aliphatic hydroxyl groups is 1. The molecule has 1 aromatic carbocycles. The Morgan fingerprint density at radius 3 is 2.52 bits per heavy atom. The summed E-state index contributed by atoms with van der Waals surface area (Å²) in [7, 11) is 0. The Morgan fingerprint density at radius 2 is 1.88 bits per heavy atom. The number of hydrogen-bond acceptors (Lipinski definition) is 4. The molecule has 2 heterocycles. The number of β-amino-alcohol motifs (C(OH)–C–C–N with tert-alkyl or cyclic N) is 1. The van der Waals surface area contributed by atoms with Gasteiger partial charge in [0.15, 0.2) is 0 Å². The van der Waals surface area contributed by atoms with Crippen LogP contribution in [0.25, 0.3) is 0 Å². The lowest BCUT2D eigenvalue weighted by molar-refractivity contribution is -0.132. The minimum absolute atomic E-state index is 0. The Bertz CT molecular complexity index is 671. The van der Waals surface area contributed by atoms with E-state index in [-0.39, 0.29) is 18.3 Å². The number of furan rings is 1. The third-order valence-corrected chi connectivity index (χ3v) is 4.70. The maximum atomic E-state index is 12.4. The number of carbonyl (C=O) groups is 1. The monoisotopic (exact) mass is 384 g/mol. The number of carbonyl (C=O) groups excluding carboxylic acids is 1. The molecule has 1 aliphatic heterocycles. The van der Waals surface area contributed by atoms with Gasteiger partial charge in [0, 0.05) is 37.7 Å². The highest BCUT2D eigenvalue weighted by atomic mass is 35.5. The van der Waals surface area contributed by atoms with Crippen LogP contribution in [0.1, 0.15) is 17.4 Å². The molecule has 1 aliphatic rings. The van der Waals surface area contributed by atoms with Crippen LogP contribution in [-0.2, 0) is 11.2 Å². The van der Waals surface area contributed by atoms with Gasteiger partial charge in [-0.15, -0.1) is 12.4 Å². The summed E-state index contributed by atoms with van der Waals surface area (Å²) in [5, 5.41) is 10.8. The van der Waals surface area contributed by atoms with Crippen molar-refractivity contribution in [2.24, 2.45) is 0 Å². The molecule has 2 aromatic rings. The Morgan fingerprint density at radius 1 is 1.16 bits per heavy atom. The normalized spacial score (nSPS) is 16.3. The summed E-state index contributed by atoms with van der Waals surface area (Å²) in [6, 6.07) is 11.0. The molecule has 1 saturated heterocycles. The van der Waals surface area contributed by atoms with Crippen molar-refractivity contribution in [3.8, 4) is 0 Å². The van der Waals surface area contributed by atoms with E-state index in [4.69, 9.17) is 16.0 Å². The van der Waals surface area contributed by atoms with Crippen molar-refractivity contribution in [1.29, 1.82) is 0 Å². The molecule has 0 radical (unpaired) electrons. The number of benzene rings is 1. The van der Waals surface area contributed by atoms with Crippen molar-refractivity contribution < 1.29 is 14.3 Å². The van der Waals surface area contributed by atoms with Gasteiger partial charge in [0.1, 0.15) is 11.9 Å². The van der Waals surface area contributed by atoms with E-state index in [1.54, 1.807) is 24.5 Å². The summed E-state index contributed by atoms with van der Waals surface area (Å²) < 4.78 is 5.22. The first-order valence-electron chi connectivity index (χ1n) is 8.08. The van der Waals surface area contributed by atoms with Gasteiger partial charge in [-0.1, -0.05) is 29.8 Å². The first-order chi connectivity index (χ1) is 11.6. The fraction of sp³-hybridized carbons (Fsp3) is 0.389. The molecule has 7 heteroatoms. The molecule has 1 amide bonds. The molecule has 3 rings (SSSR count). The first-order valence-corrected chi connectivity index (χ1v) is 8.46. The van der Waals surface area contributed by atoms with Crippen LogP contribution in [0, 0.1) is 0 Å². The van der Waals surface area contributed by atoms with Crippen molar-refractivity contribution in [2.75, 3.05) is 32.7 Å². The van der Waals surface area contributed by atoms with Gasteiger partial charge in [0.25, 0.3) is 0 Å². The summed E-state index contributed by atoms with van der Waals surface area (Å²) >= 11 is 6.12. The van der Waals surface area contributed by atoms with Crippen LogP contribution in [0.2, 0.25) is 5.02 Å². The predicted octanol–water partition coefficient (Wildman–Crippen LogP) is 2.78. The molecule has 1 N–H and O–H groups in total. The number of hydrogen-bond donors (Lipinski definition) is 1. The van der Waals surface area contributed by atoms with Gasteiger partial charge >= 0.3 is 0 Å². The van der Waals surface area contributed by atoms with Crippen molar-refractivity contribution in [3.63, 3.8) is 0 Å². The highest BCUT2D eigenvalue weighted by molar-refractivity contribution is 6.31. The smallest absolute Gasteiger partial charge is 0.227 e. The fourth-order valence-electron chi connectivity index (χ4n) is 2.91. The van der Waals surface area contributed by atoms with Gasteiger partial charge in [-0.05, 0) is 23.8 Å². The number of piperazine rings is 1. The molecule has 5 nitrogen and oxygen atoms in total. The highest BCUT2D eigenvalue weighted by Crippen LogP contribution is 2.18. The minimum Gasteiger partial charge on any atom is -0.467 e. The van der Waals surface area contributed by atoms with E-state index in [1.807, 2.05) is 23.1 Å². The molecule has 1 atom stereocenters. The summed E-state index contributed by atoms with van der Waals surface area (Å²) in [6.07, 6.45) is 1.25. The molecule has 0 spiro atoms. The number of rotatable bonds is 5. The average molecular weight is 385 g/mol.